The number of hydrogen-bond donors (Lipinski definition) is 1. The number of aliphatic hydroxyl groups is 1. The van der Waals surface area contributed by atoms with E-state index in [4.69, 9.17) is 16.3 Å². The van der Waals surface area contributed by atoms with Gasteiger partial charge in [-0.05, 0) is 44.4 Å². The van der Waals surface area contributed by atoms with Gasteiger partial charge >= 0.3 is 0 Å². The summed E-state index contributed by atoms with van der Waals surface area (Å²) in [7, 11) is 2.79. The van der Waals surface area contributed by atoms with Gasteiger partial charge in [0.2, 0.25) is 0 Å². The number of methoxy groups -OCH3 is 1. The lowest BCUT2D eigenvalue weighted by atomic mass is 9.49. The summed E-state index contributed by atoms with van der Waals surface area (Å²) in [5.41, 5.74) is -4.07. The fraction of sp³-hybridized carbons (Fsp3) is 0.611. The van der Waals surface area contributed by atoms with Crippen molar-refractivity contribution in [2.75, 3.05) is 20.7 Å². The number of benzene rings is 1. The van der Waals surface area contributed by atoms with Crippen molar-refractivity contribution in [2.24, 2.45) is 0 Å². The molecule has 2 bridgehead atoms. The lowest BCUT2D eigenvalue weighted by molar-refractivity contribution is -0.185. The molecule has 0 amide bonds. The second-order valence-electron chi connectivity index (χ2n) is 6.63. The SMILES string of the molecule is [2H]c1c([2H])c2c3c(c1OC)OC1([2H])C(=O)CC[C@]4(O)[C@@]31CCN(C)[C@]4([2H])C2([2H])[2H]. The van der Waals surface area contributed by atoms with Crippen molar-refractivity contribution in [2.45, 2.75) is 48.7 Å². The Bertz CT molecular complexity index is 1000. The van der Waals surface area contributed by atoms with Crippen LogP contribution in [-0.4, -0.2) is 54.2 Å². The predicted molar refractivity (Wildman–Crippen MR) is 83.0 cm³/mol. The van der Waals surface area contributed by atoms with Gasteiger partial charge in [-0.1, -0.05) is 6.04 Å². The molecule has 1 spiro atoms. The summed E-state index contributed by atoms with van der Waals surface area (Å²) in [4.78, 5) is 14.4. The molecule has 4 atom stereocenters. The number of rotatable bonds is 1. The summed E-state index contributed by atoms with van der Waals surface area (Å²) >= 11 is 0. The topological polar surface area (TPSA) is 59.0 Å². The second-order valence-corrected chi connectivity index (χ2v) is 6.63. The van der Waals surface area contributed by atoms with Gasteiger partial charge in [0.15, 0.2) is 23.4 Å². The Balaban J connectivity index is 2.06. The van der Waals surface area contributed by atoms with Crippen molar-refractivity contribution in [3.63, 3.8) is 0 Å². The highest BCUT2D eigenvalue weighted by Crippen LogP contribution is 2.64. The van der Waals surface area contributed by atoms with Gasteiger partial charge < -0.3 is 19.5 Å². The molecule has 4 aliphatic rings. The molecule has 1 aromatic carbocycles. The number of carbonyl (C=O) groups excluding carboxylic acids is 1. The molecule has 1 N–H and O–H groups in total. The van der Waals surface area contributed by atoms with E-state index in [-0.39, 0.29) is 48.4 Å². The third-order valence-electron chi connectivity index (χ3n) is 5.72. The van der Waals surface area contributed by atoms with Gasteiger partial charge in [0.1, 0.15) is 0 Å². The zero-order valence-corrected chi connectivity index (χ0v) is 12.9. The van der Waals surface area contributed by atoms with Crippen LogP contribution in [0.5, 0.6) is 11.5 Å². The Morgan fingerprint density at radius 2 is 2.39 bits per heavy atom. The number of carbonyl (C=O) groups is 1. The average molecular weight is 321 g/mol. The molecule has 2 heterocycles. The van der Waals surface area contributed by atoms with Gasteiger partial charge in [-0.2, -0.15) is 0 Å². The monoisotopic (exact) mass is 321 g/mol. The standard InChI is InChI=1S/C18H21NO4/c1-19-8-7-17-14-10-3-4-12(22-2)15(14)23-16(17)11(20)5-6-18(17,21)13(19)9-10/h3-4,13,16,21H,5-9H2,1-2H3/t13-,16?,17+,18-/m1/s1/i3D,4D,9D2,13D,16D. The maximum Gasteiger partial charge on any atom is 0.174 e. The van der Waals surface area contributed by atoms with Crippen molar-refractivity contribution in [1.82, 2.24) is 4.90 Å². The molecule has 2 aliphatic carbocycles. The fourth-order valence-corrected chi connectivity index (χ4v) is 4.67. The summed E-state index contributed by atoms with van der Waals surface area (Å²) in [5.74, 6) is -0.868. The van der Waals surface area contributed by atoms with Gasteiger partial charge in [-0.3, -0.25) is 4.79 Å². The Labute approximate surface area is 143 Å². The van der Waals surface area contributed by atoms with E-state index < -0.39 is 47.4 Å². The largest absolute Gasteiger partial charge is 0.493 e. The van der Waals surface area contributed by atoms with E-state index in [1.54, 1.807) is 0 Å². The van der Waals surface area contributed by atoms with Gasteiger partial charge in [0.05, 0.1) is 23.6 Å². The normalized spacial score (nSPS) is 52.9. The minimum atomic E-state index is -2.57. The van der Waals surface area contributed by atoms with E-state index in [2.05, 4.69) is 0 Å². The molecule has 2 fully saturated rings. The lowest BCUT2D eigenvalue weighted by Crippen LogP contribution is -2.76. The molecule has 0 aromatic heterocycles. The highest BCUT2D eigenvalue weighted by Gasteiger charge is 2.72. The molecule has 1 saturated heterocycles. The number of Topliss-reactive ketones (excluding diaryl/α,β-unsaturated/α-hetero) is 1. The van der Waals surface area contributed by atoms with Crippen LogP contribution in [0.2, 0.25) is 0 Å². The van der Waals surface area contributed by atoms with E-state index in [1.165, 1.54) is 19.1 Å². The van der Waals surface area contributed by atoms with Crippen LogP contribution in [0, 0.1) is 0 Å². The molecule has 1 aromatic rings. The number of likely N-dealkylation sites (tertiary alicyclic amines) is 1. The van der Waals surface area contributed by atoms with Crippen LogP contribution in [0.15, 0.2) is 12.1 Å². The number of likely N-dealkylation sites (N-methyl/N-ethyl adjacent to an activating group) is 1. The second kappa shape index (κ2) is 4.08. The molecular formula is C18H21NO4. The zero-order chi connectivity index (χ0) is 21.4. The van der Waals surface area contributed by atoms with Crippen molar-refractivity contribution < 1.29 is 27.6 Å². The van der Waals surface area contributed by atoms with E-state index in [1.807, 2.05) is 0 Å². The van der Waals surface area contributed by atoms with E-state index >= 15 is 0 Å². The quantitative estimate of drug-likeness (QED) is 0.838. The molecule has 122 valence electrons. The van der Waals surface area contributed by atoms with Crippen LogP contribution in [0.4, 0.5) is 0 Å². The molecule has 2 aliphatic heterocycles. The molecule has 0 radical (unpaired) electrons. The number of ether oxygens (including phenoxy) is 2. The number of ketones is 1. The third kappa shape index (κ3) is 1.32. The van der Waals surface area contributed by atoms with Crippen LogP contribution >= 0.6 is 0 Å². The number of nitrogens with zero attached hydrogens (tertiary/aromatic N) is 1. The van der Waals surface area contributed by atoms with E-state index in [0.717, 1.165) is 0 Å². The first-order chi connectivity index (χ1) is 13.4. The predicted octanol–water partition coefficient (Wildman–Crippen LogP) is 1.05. The smallest absolute Gasteiger partial charge is 0.174 e. The Kier molecular flexibility index (Phi) is 1.60. The van der Waals surface area contributed by atoms with E-state index in [9.17, 15) is 11.3 Å². The van der Waals surface area contributed by atoms with Gasteiger partial charge in [-0.15, -0.1) is 0 Å². The Morgan fingerprint density at radius 3 is 3.17 bits per heavy atom. The minimum absolute atomic E-state index is 0.0434. The maximum atomic E-state index is 13.0. The summed E-state index contributed by atoms with van der Waals surface area (Å²) < 4.78 is 63.9. The van der Waals surface area contributed by atoms with Gasteiger partial charge in [0.25, 0.3) is 0 Å². The first-order valence-electron chi connectivity index (χ1n) is 10.7. The molecule has 23 heavy (non-hydrogen) atoms. The Hall–Kier alpha value is -1.59. The first kappa shape index (κ1) is 9.04. The zero-order valence-electron chi connectivity index (χ0n) is 18.9. The molecular weight excluding hydrogens is 294 g/mol. The van der Waals surface area contributed by atoms with E-state index in [0.29, 0.717) is 0 Å². The van der Waals surface area contributed by atoms with Crippen LogP contribution in [-0.2, 0) is 16.6 Å². The van der Waals surface area contributed by atoms with Crippen LogP contribution in [0.1, 0.15) is 38.6 Å². The van der Waals surface area contributed by atoms with Gasteiger partial charge in [0, 0.05) is 20.7 Å². The highest BCUT2D eigenvalue weighted by molar-refractivity contribution is 5.90. The average Bonchev–Trinajstić information content (AvgIpc) is 2.92. The summed E-state index contributed by atoms with van der Waals surface area (Å²) in [5, 5.41) is 12.0. The molecule has 1 unspecified atom stereocenters. The van der Waals surface area contributed by atoms with Crippen molar-refractivity contribution >= 4 is 5.78 Å². The van der Waals surface area contributed by atoms with Crippen LogP contribution in [0.3, 0.4) is 0 Å². The maximum absolute atomic E-state index is 13.0. The summed E-state index contributed by atoms with van der Waals surface area (Å²) in [6.07, 6.45) is -5.21. The number of piperidine rings is 1. The summed E-state index contributed by atoms with van der Waals surface area (Å²) in [6, 6.07) is -3.20. The summed E-state index contributed by atoms with van der Waals surface area (Å²) in [6.45, 7) is 0.153. The van der Waals surface area contributed by atoms with Crippen molar-refractivity contribution in [1.29, 1.82) is 0 Å². The fourth-order valence-electron chi connectivity index (χ4n) is 4.67. The van der Waals surface area contributed by atoms with Crippen molar-refractivity contribution in [3.05, 3.63) is 23.2 Å². The van der Waals surface area contributed by atoms with Gasteiger partial charge in [-0.25, -0.2) is 0 Å². The third-order valence-corrected chi connectivity index (χ3v) is 5.72. The Morgan fingerprint density at radius 1 is 1.57 bits per heavy atom. The van der Waals surface area contributed by atoms with Crippen LogP contribution < -0.4 is 9.47 Å². The highest BCUT2D eigenvalue weighted by atomic mass is 16.5. The lowest BCUT2D eigenvalue weighted by Gasteiger charge is -2.62. The molecule has 5 rings (SSSR count). The van der Waals surface area contributed by atoms with Crippen molar-refractivity contribution in [3.8, 4) is 11.5 Å². The molecule has 5 heteroatoms. The molecule has 5 nitrogen and oxygen atoms in total. The number of hydrogen-bond acceptors (Lipinski definition) is 5. The molecule has 1 saturated carbocycles. The minimum Gasteiger partial charge on any atom is -0.493 e. The first-order valence-corrected chi connectivity index (χ1v) is 7.75. The van der Waals surface area contributed by atoms with Crippen LogP contribution in [0.25, 0.3) is 0 Å².